The zero-order valence-corrected chi connectivity index (χ0v) is 12.8. The zero-order chi connectivity index (χ0) is 15.9. The number of hydrogen-bond acceptors (Lipinski definition) is 3. The van der Waals surface area contributed by atoms with Crippen molar-refractivity contribution >= 4 is 11.7 Å². The molecule has 1 aromatic rings. The Morgan fingerprint density at radius 2 is 2.27 bits per heavy atom. The van der Waals surface area contributed by atoms with Crippen LogP contribution in [0.15, 0.2) is 18.2 Å². The fraction of sp³-hybridized carbons (Fsp3) is 0.562. The van der Waals surface area contributed by atoms with Gasteiger partial charge in [-0.1, -0.05) is 0 Å². The highest BCUT2D eigenvalue weighted by molar-refractivity contribution is 5.91. The fourth-order valence-electron chi connectivity index (χ4n) is 2.06. The number of carbonyl (C=O) groups excluding carboxylic acids is 1. The van der Waals surface area contributed by atoms with Crippen molar-refractivity contribution in [1.82, 2.24) is 5.32 Å². The Morgan fingerprint density at radius 1 is 1.50 bits per heavy atom. The van der Waals surface area contributed by atoms with Crippen molar-refractivity contribution in [1.29, 1.82) is 0 Å². The number of carbonyl (C=O) groups is 1. The minimum Gasteiger partial charge on any atom is -0.491 e. The van der Waals surface area contributed by atoms with Crippen LogP contribution >= 0.6 is 0 Å². The first-order chi connectivity index (χ1) is 10.6. The predicted molar refractivity (Wildman–Crippen MR) is 82.6 cm³/mol. The van der Waals surface area contributed by atoms with Gasteiger partial charge in [-0.2, -0.15) is 0 Å². The first-order valence-corrected chi connectivity index (χ1v) is 7.69. The number of halogens is 1. The number of urea groups is 1. The van der Waals surface area contributed by atoms with Crippen LogP contribution in [0.25, 0.3) is 0 Å². The molecule has 0 aliphatic heterocycles. The number of benzene rings is 1. The molecule has 1 fully saturated rings. The summed E-state index contributed by atoms with van der Waals surface area (Å²) in [6.45, 7) is 2.52. The van der Waals surface area contributed by atoms with Gasteiger partial charge in [0.2, 0.25) is 0 Å². The van der Waals surface area contributed by atoms with Crippen LogP contribution < -0.4 is 15.4 Å². The third-order valence-corrected chi connectivity index (χ3v) is 3.54. The van der Waals surface area contributed by atoms with Gasteiger partial charge in [0.1, 0.15) is 11.6 Å². The van der Waals surface area contributed by atoms with E-state index in [-0.39, 0.29) is 18.7 Å². The van der Waals surface area contributed by atoms with Crippen LogP contribution in [0.3, 0.4) is 0 Å². The molecular weight excluding hydrogens is 287 g/mol. The van der Waals surface area contributed by atoms with Gasteiger partial charge in [-0.15, -0.1) is 0 Å². The SMILES string of the molecule is CC(CCCO)NC(=O)Nc1ccc(F)cc1OCC1CC1. The van der Waals surface area contributed by atoms with E-state index in [1.807, 2.05) is 6.92 Å². The topological polar surface area (TPSA) is 70.6 Å². The molecule has 1 atom stereocenters. The number of rotatable bonds is 8. The largest absolute Gasteiger partial charge is 0.491 e. The minimum atomic E-state index is -0.395. The molecule has 22 heavy (non-hydrogen) atoms. The number of anilines is 1. The van der Waals surface area contributed by atoms with Crippen molar-refractivity contribution in [3.63, 3.8) is 0 Å². The van der Waals surface area contributed by atoms with E-state index in [1.165, 1.54) is 18.2 Å². The average molecular weight is 310 g/mol. The predicted octanol–water partition coefficient (Wildman–Crippen LogP) is 2.90. The standard InChI is InChI=1S/C16H23FN2O3/c1-11(3-2-8-20)18-16(21)19-14-7-6-13(17)9-15(14)22-10-12-4-5-12/h6-7,9,11-12,20H,2-5,8,10H2,1H3,(H2,18,19,21). The van der Waals surface area contributed by atoms with Crippen molar-refractivity contribution in [2.45, 2.75) is 38.6 Å². The summed E-state index contributed by atoms with van der Waals surface area (Å²) in [5, 5.41) is 14.2. The van der Waals surface area contributed by atoms with Crippen molar-refractivity contribution in [3.8, 4) is 5.75 Å². The maximum absolute atomic E-state index is 13.3. The summed E-state index contributed by atoms with van der Waals surface area (Å²) in [5.74, 6) is 0.501. The molecule has 2 amide bonds. The number of ether oxygens (including phenoxy) is 1. The Labute approximate surface area is 129 Å². The number of aliphatic hydroxyl groups is 1. The molecule has 6 heteroatoms. The number of hydrogen-bond donors (Lipinski definition) is 3. The molecule has 5 nitrogen and oxygen atoms in total. The Balaban J connectivity index is 1.90. The van der Waals surface area contributed by atoms with Gasteiger partial charge < -0.3 is 20.5 Å². The molecule has 1 aliphatic carbocycles. The Morgan fingerprint density at radius 3 is 2.95 bits per heavy atom. The Kier molecular flexibility index (Phi) is 6.00. The van der Waals surface area contributed by atoms with Crippen LogP contribution in [-0.2, 0) is 0 Å². The Hall–Kier alpha value is -1.82. The maximum Gasteiger partial charge on any atom is 0.319 e. The van der Waals surface area contributed by atoms with Crippen LogP contribution in [0.1, 0.15) is 32.6 Å². The average Bonchev–Trinajstić information content (AvgIpc) is 3.29. The third kappa shape index (κ3) is 5.52. The summed E-state index contributed by atoms with van der Waals surface area (Å²) in [7, 11) is 0. The molecule has 0 bridgehead atoms. The lowest BCUT2D eigenvalue weighted by Gasteiger charge is -2.16. The van der Waals surface area contributed by atoms with Crippen molar-refractivity contribution in [3.05, 3.63) is 24.0 Å². The minimum absolute atomic E-state index is 0.0524. The zero-order valence-electron chi connectivity index (χ0n) is 12.8. The van der Waals surface area contributed by atoms with E-state index in [4.69, 9.17) is 9.84 Å². The molecule has 0 spiro atoms. The molecule has 1 unspecified atom stereocenters. The molecule has 0 radical (unpaired) electrons. The monoisotopic (exact) mass is 310 g/mol. The van der Waals surface area contributed by atoms with Crippen molar-refractivity contribution < 1.29 is 19.0 Å². The quantitative estimate of drug-likeness (QED) is 0.691. The van der Waals surface area contributed by atoms with E-state index >= 15 is 0 Å². The normalized spacial score (nSPS) is 15.2. The van der Waals surface area contributed by atoms with Crippen molar-refractivity contribution in [2.24, 2.45) is 5.92 Å². The summed E-state index contributed by atoms with van der Waals surface area (Å²) in [6.07, 6.45) is 3.61. The molecule has 1 aliphatic rings. The molecule has 3 N–H and O–H groups in total. The second-order valence-electron chi connectivity index (χ2n) is 5.76. The molecule has 1 aromatic carbocycles. The summed E-state index contributed by atoms with van der Waals surface area (Å²) in [5.41, 5.74) is 0.453. The number of nitrogens with one attached hydrogen (secondary N) is 2. The summed E-state index contributed by atoms with van der Waals surface area (Å²) >= 11 is 0. The molecule has 1 saturated carbocycles. The van der Waals surface area contributed by atoms with Gasteiger partial charge in [-0.05, 0) is 50.7 Å². The first-order valence-electron chi connectivity index (χ1n) is 7.69. The maximum atomic E-state index is 13.3. The lowest BCUT2D eigenvalue weighted by atomic mass is 10.2. The summed E-state index contributed by atoms with van der Waals surface area (Å²) in [6, 6.07) is 3.65. The van der Waals surface area contributed by atoms with E-state index in [2.05, 4.69) is 10.6 Å². The lowest BCUT2D eigenvalue weighted by Crippen LogP contribution is -2.36. The van der Waals surface area contributed by atoms with Gasteiger partial charge in [0.05, 0.1) is 12.3 Å². The first kappa shape index (κ1) is 16.5. The van der Waals surface area contributed by atoms with Gasteiger partial charge in [-0.25, -0.2) is 9.18 Å². The van der Waals surface area contributed by atoms with E-state index in [9.17, 15) is 9.18 Å². The van der Waals surface area contributed by atoms with Gasteiger partial charge in [0.15, 0.2) is 0 Å². The van der Waals surface area contributed by atoms with Crippen molar-refractivity contribution in [2.75, 3.05) is 18.5 Å². The highest BCUT2D eigenvalue weighted by Gasteiger charge is 2.22. The highest BCUT2D eigenvalue weighted by Crippen LogP contribution is 2.32. The number of amides is 2. The van der Waals surface area contributed by atoms with E-state index < -0.39 is 5.82 Å². The van der Waals surface area contributed by atoms with E-state index in [1.54, 1.807) is 0 Å². The van der Waals surface area contributed by atoms with Crippen LogP contribution in [0.5, 0.6) is 5.75 Å². The van der Waals surface area contributed by atoms with Gasteiger partial charge in [0.25, 0.3) is 0 Å². The van der Waals surface area contributed by atoms with Crippen LogP contribution in [-0.4, -0.2) is 30.4 Å². The van der Waals surface area contributed by atoms with Crippen LogP contribution in [0, 0.1) is 11.7 Å². The molecular formula is C16H23FN2O3. The Bertz CT molecular complexity index is 506. The molecule has 122 valence electrons. The summed E-state index contributed by atoms with van der Waals surface area (Å²) in [4.78, 5) is 11.9. The second kappa shape index (κ2) is 7.98. The molecule has 0 aromatic heterocycles. The molecule has 0 heterocycles. The van der Waals surface area contributed by atoms with E-state index in [0.29, 0.717) is 36.8 Å². The van der Waals surface area contributed by atoms with Crippen LogP contribution in [0.4, 0.5) is 14.9 Å². The molecule has 2 rings (SSSR count). The highest BCUT2D eigenvalue weighted by atomic mass is 19.1. The van der Waals surface area contributed by atoms with Gasteiger partial charge in [-0.3, -0.25) is 0 Å². The lowest BCUT2D eigenvalue weighted by molar-refractivity contribution is 0.244. The third-order valence-electron chi connectivity index (χ3n) is 3.54. The molecule has 0 saturated heterocycles. The summed E-state index contributed by atoms with van der Waals surface area (Å²) < 4.78 is 18.9. The fourth-order valence-corrected chi connectivity index (χ4v) is 2.06. The smallest absolute Gasteiger partial charge is 0.319 e. The van der Waals surface area contributed by atoms with E-state index in [0.717, 1.165) is 12.8 Å². The van der Waals surface area contributed by atoms with Gasteiger partial charge >= 0.3 is 6.03 Å². The second-order valence-corrected chi connectivity index (χ2v) is 5.76. The van der Waals surface area contributed by atoms with Gasteiger partial charge in [0, 0.05) is 18.7 Å². The number of aliphatic hydroxyl groups excluding tert-OH is 1. The van der Waals surface area contributed by atoms with Crippen LogP contribution in [0.2, 0.25) is 0 Å².